The molecule has 1 atom stereocenters. The van der Waals surface area contributed by atoms with Crippen LogP contribution < -0.4 is 0 Å². The normalized spacial score (nSPS) is 28.4. The molecule has 3 rings (SSSR count). The molecular formula is C16H24N2O3. The first kappa shape index (κ1) is 14.6. The highest BCUT2D eigenvalue weighted by Gasteiger charge is 2.42. The monoisotopic (exact) mass is 292 g/mol. The summed E-state index contributed by atoms with van der Waals surface area (Å²) in [5.41, 5.74) is 0.0388. The van der Waals surface area contributed by atoms with E-state index in [4.69, 9.17) is 4.74 Å². The summed E-state index contributed by atoms with van der Waals surface area (Å²) >= 11 is 0. The number of ether oxygens (including phenoxy) is 1. The van der Waals surface area contributed by atoms with Gasteiger partial charge >= 0.3 is 0 Å². The van der Waals surface area contributed by atoms with Crippen LogP contribution in [0.2, 0.25) is 0 Å². The van der Waals surface area contributed by atoms with E-state index in [9.17, 15) is 9.59 Å². The van der Waals surface area contributed by atoms with Crippen molar-refractivity contribution in [2.75, 3.05) is 32.8 Å². The Morgan fingerprint density at radius 2 is 2.14 bits per heavy atom. The average molecular weight is 292 g/mol. The molecular weight excluding hydrogens is 268 g/mol. The third-order valence-corrected chi connectivity index (χ3v) is 5.08. The van der Waals surface area contributed by atoms with Crippen LogP contribution in [0.4, 0.5) is 0 Å². The lowest BCUT2D eigenvalue weighted by atomic mass is 9.88. The summed E-state index contributed by atoms with van der Waals surface area (Å²) in [6, 6.07) is 0. The Bertz CT molecular complexity index is 433. The Kier molecular flexibility index (Phi) is 4.02. The van der Waals surface area contributed by atoms with Crippen LogP contribution in [0.3, 0.4) is 0 Å². The lowest BCUT2D eigenvalue weighted by Gasteiger charge is -2.39. The second-order valence-electron chi connectivity index (χ2n) is 6.45. The SMILES string of the molecule is C=CCN1CC(C(=O)N2CCC3(CCCO3)CC2)CC1=O. The predicted molar refractivity (Wildman–Crippen MR) is 78.6 cm³/mol. The Labute approximate surface area is 125 Å². The summed E-state index contributed by atoms with van der Waals surface area (Å²) in [7, 11) is 0. The van der Waals surface area contributed by atoms with Gasteiger partial charge in [0.05, 0.1) is 11.5 Å². The van der Waals surface area contributed by atoms with Crippen molar-refractivity contribution in [1.29, 1.82) is 0 Å². The van der Waals surface area contributed by atoms with Crippen molar-refractivity contribution in [1.82, 2.24) is 9.80 Å². The van der Waals surface area contributed by atoms with Gasteiger partial charge in [-0.2, -0.15) is 0 Å². The van der Waals surface area contributed by atoms with Gasteiger partial charge in [-0.3, -0.25) is 9.59 Å². The second kappa shape index (κ2) is 5.79. The Hall–Kier alpha value is -1.36. The molecule has 0 aromatic heterocycles. The number of piperidine rings is 1. The second-order valence-corrected chi connectivity index (χ2v) is 6.45. The zero-order valence-electron chi connectivity index (χ0n) is 12.6. The molecule has 116 valence electrons. The van der Waals surface area contributed by atoms with Gasteiger partial charge in [0.2, 0.25) is 11.8 Å². The number of likely N-dealkylation sites (tertiary alicyclic amines) is 2. The van der Waals surface area contributed by atoms with Crippen molar-refractivity contribution in [3.8, 4) is 0 Å². The molecule has 0 radical (unpaired) electrons. The van der Waals surface area contributed by atoms with E-state index in [1.807, 2.05) is 4.90 Å². The number of amides is 2. The first-order valence-corrected chi connectivity index (χ1v) is 7.95. The summed E-state index contributed by atoms with van der Waals surface area (Å²) in [4.78, 5) is 28.1. The number of rotatable bonds is 3. The number of nitrogens with zero attached hydrogens (tertiary/aromatic N) is 2. The van der Waals surface area contributed by atoms with Crippen molar-refractivity contribution >= 4 is 11.8 Å². The van der Waals surface area contributed by atoms with Gasteiger partial charge in [-0.05, 0) is 25.7 Å². The Morgan fingerprint density at radius 1 is 1.38 bits per heavy atom. The summed E-state index contributed by atoms with van der Waals surface area (Å²) in [6.45, 7) is 7.14. The van der Waals surface area contributed by atoms with Gasteiger partial charge in [-0.1, -0.05) is 6.08 Å². The quantitative estimate of drug-likeness (QED) is 0.734. The predicted octanol–water partition coefficient (Wildman–Crippen LogP) is 1.19. The first-order chi connectivity index (χ1) is 10.1. The van der Waals surface area contributed by atoms with Gasteiger partial charge in [0.25, 0.3) is 0 Å². The van der Waals surface area contributed by atoms with Crippen LogP contribution in [-0.2, 0) is 14.3 Å². The number of hydrogen-bond donors (Lipinski definition) is 0. The van der Waals surface area contributed by atoms with Crippen molar-refractivity contribution in [3.63, 3.8) is 0 Å². The fourth-order valence-electron chi connectivity index (χ4n) is 3.81. The average Bonchev–Trinajstić information content (AvgIpc) is 3.08. The van der Waals surface area contributed by atoms with E-state index in [0.717, 1.165) is 45.4 Å². The van der Waals surface area contributed by atoms with E-state index in [1.54, 1.807) is 11.0 Å². The highest BCUT2D eigenvalue weighted by atomic mass is 16.5. The van der Waals surface area contributed by atoms with Crippen LogP contribution in [0.25, 0.3) is 0 Å². The minimum Gasteiger partial charge on any atom is -0.375 e. The van der Waals surface area contributed by atoms with Crippen LogP contribution in [0.15, 0.2) is 12.7 Å². The minimum absolute atomic E-state index is 0.0388. The van der Waals surface area contributed by atoms with Crippen LogP contribution >= 0.6 is 0 Å². The zero-order valence-corrected chi connectivity index (χ0v) is 12.6. The molecule has 3 aliphatic heterocycles. The van der Waals surface area contributed by atoms with Gasteiger partial charge < -0.3 is 14.5 Å². The van der Waals surface area contributed by atoms with Crippen molar-refractivity contribution in [2.24, 2.45) is 5.92 Å². The highest BCUT2D eigenvalue weighted by molar-refractivity contribution is 5.89. The largest absolute Gasteiger partial charge is 0.375 e. The molecule has 3 heterocycles. The maximum Gasteiger partial charge on any atom is 0.227 e. The zero-order chi connectivity index (χ0) is 14.9. The summed E-state index contributed by atoms with van der Waals surface area (Å²) in [5, 5.41) is 0. The van der Waals surface area contributed by atoms with Gasteiger partial charge in [0.1, 0.15) is 0 Å². The lowest BCUT2D eigenvalue weighted by molar-refractivity contribution is -0.140. The van der Waals surface area contributed by atoms with E-state index in [1.165, 1.54) is 0 Å². The third kappa shape index (κ3) is 2.84. The summed E-state index contributed by atoms with van der Waals surface area (Å²) < 4.78 is 5.89. The molecule has 1 unspecified atom stereocenters. The van der Waals surface area contributed by atoms with Crippen LogP contribution in [-0.4, -0.2) is 60.0 Å². The molecule has 5 heteroatoms. The third-order valence-electron chi connectivity index (χ3n) is 5.08. The van der Waals surface area contributed by atoms with E-state index in [-0.39, 0.29) is 23.3 Å². The van der Waals surface area contributed by atoms with E-state index < -0.39 is 0 Å². The molecule has 0 aromatic carbocycles. The van der Waals surface area contributed by atoms with Crippen LogP contribution in [0, 0.1) is 5.92 Å². The maximum absolute atomic E-state index is 12.6. The van der Waals surface area contributed by atoms with E-state index in [2.05, 4.69) is 6.58 Å². The summed E-state index contributed by atoms with van der Waals surface area (Å²) in [6.07, 6.45) is 6.22. The molecule has 3 saturated heterocycles. The van der Waals surface area contributed by atoms with Gasteiger partial charge in [0, 0.05) is 39.2 Å². The number of carbonyl (C=O) groups is 2. The van der Waals surface area contributed by atoms with Gasteiger partial charge in [-0.15, -0.1) is 6.58 Å². The van der Waals surface area contributed by atoms with E-state index >= 15 is 0 Å². The molecule has 21 heavy (non-hydrogen) atoms. The fraction of sp³-hybridized carbons (Fsp3) is 0.750. The molecule has 1 spiro atoms. The van der Waals surface area contributed by atoms with Crippen molar-refractivity contribution in [3.05, 3.63) is 12.7 Å². The summed E-state index contributed by atoms with van der Waals surface area (Å²) in [5.74, 6) is 0.0413. The van der Waals surface area contributed by atoms with Crippen LogP contribution in [0.5, 0.6) is 0 Å². The van der Waals surface area contributed by atoms with Crippen LogP contribution in [0.1, 0.15) is 32.1 Å². The fourth-order valence-corrected chi connectivity index (χ4v) is 3.81. The molecule has 3 fully saturated rings. The standard InChI is InChI=1S/C16H24N2O3/c1-2-7-18-12-13(11-14(18)19)15(20)17-8-5-16(6-9-17)4-3-10-21-16/h2,13H,1,3-12H2. The molecule has 0 saturated carbocycles. The molecule has 3 aliphatic rings. The topological polar surface area (TPSA) is 49.9 Å². The van der Waals surface area contributed by atoms with E-state index in [0.29, 0.717) is 19.5 Å². The first-order valence-electron chi connectivity index (χ1n) is 7.95. The smallest absolute Gasteiger partial charge is 0.227 e. The molecule has 0 aliphatic carbocycles. The molecule has 5 nitrogen and oxygen atoms in total. The highest BCUT2D eigenvalue weighted by Crippen LogP contribution is 2.36. The molecule has 0 N–H and O–H groups in total. The Balaban J connectivity index is 1.55. The Morgan fingerprint density at radius 3 is 2.76 bits per heavy atom. The van der Waals surface area contributed by atoms with Crippen molar-refractivity contribution < 1.29 is 14.3 Å². The molecule has 2 amide bonds. The number of carbonyl (C=O) groups excluding carboxylic acids is 2. The molecule has 0 aromatic rings. The minimum atomic E-state index is -0.170. The van der Waals surface area contributed by atoms with Gasteiger partial charge in [-0.25, -0.2) is 0 Å². The maximum atomic E-state index is 12.6. The van der Waals surface area contributed by atoms with Crippen molar-refractivity contribution in [2.45, 2.75) is 37.7 Å². The van der Waals surface area contributed by atoms with Gasteiger partial charge in [0.15, 0.2) is 0 Å². The molecule has 0 bridgehead atoms. The number of hydrogen-bond acceptors (Lipinski definition) is 3. The lowest BCUT2D eigenvalue weighted by Crippen LogP contribution is -2.48.